The monoisotopic (exact) mass is 172 g/mol. The summed E-state index contributed by atoms with van der Waals surface area (Å²) in [6.07, 6.45) is 7.18. The number of rotatable bonds is 2. The van der Waals surface area contributed by atoms with Crippen LogP contribution >= 0.6 is 12.6 Å². The Bertz CT molecular complexity index is 103. The number of hydrogen-bond acceptors (Lipinski definition) is 1. The zero-order valence-corrected chi connectivity index (χ0v) is 8.61. The van der Waals surface area contributed by atoms with E-state index in [0.29, 0.717) is 5.25 Å². The van der Waals surface area contributed by atoms with E-state index in [2.05, 4.69) is 26.5 Å². The van der Waals surface area contributed by atoms with Crippen LogP contribution in [0.5, 0.6) is 0 Å². The van der Waals surface area contributed by atoms with Gasteiger partial charge in [-0.1, -0.05) is 33.1 Å². The van der Waals surface area contributed by atoms with E-state index in [-0.39, 0.29) is 0 Å². The molecule has 0 heterocycles. The molecule has 0 radical (unpaired) electrons. The summed E-state index contributed by atoms with van der Waals surface area (Å²) in [5.41, 5.74) is 0. The maximum absolute atomic E-state index is 4.67. The second-order valence-corrected chi connectivity index (χ2v) is 4.73. The van der Waals surface area contributed by atoms with Gasteiger partial charge in [0.2, 0.25) is 0 Å². The van der Waals surface area contributed by atoms with Crippen LogP contribution in [-0.4, -0.2) is 5.25 Å². The summed E-state index contributed by atoms with van der Waals surface area (Å²) in [4.78, 5) is 0. The lowest BCUT2D eigenvalue weighted by atomic mass is 9.83. The third kappa shape index (κ3) is 2.70. The first-order chi connectivity index (χ1) is 5.22. The minimum Gasteiger partial charge on any atom is -0.175 e. The molecule has 1 aliphatic rings. The molecule has 66 valence electrons. The molecule has 1 fully saturated rings. The molecule has 0 aromatic heterocycles. The first-order valence-corrected chi connectivity index (χ1v) is 5.41. The maximum Gasteiger partial charge on any atom is 0.00680 e. The molecule has 0 amide bonds. The minimum atomic E-state index is 0.648. The molecule has 0 aromatic carbocycles. The maximum atomic E-state index is 4.67. The van der Waals surface area contributed by atoms with Gasteiger partial charge in [0.05, 0.1) is 0 Å². The molecule has 0 aliphatic heterocycles. The molecule has 0 aromatic rings. The average molecular weight is 172 g/mol. The number of thiol groups is 1. The van der Waals surface area contributed by atoms with Gasteiger partial charge >= 0.3 is 0 Å². The molecule has 0 N–H and O–H groups in total. The van der Waals surface area contributed by atoms with Gasteiger partial charge in [-0.2, -0.15) is 12.6 Å². The predicted molar refractivity (Wildman–Crippen MR) is 54.2 cm³/mol. The molecule has 1 rings (SSSR count). The molecule has 11 heavy (non-hydrogen) atoms. The van der Waals surface area contributed by atoms with Crippen LogP contribution < -0.4 is 0 Å². The second kappa shape index (κ2) is 4.39. The fraction of sp³-hybridized carbons (Fsp3) is 1.00. The summed E-state index contributed by atoms with van der Waals surface area (Å²) in [6, 6.07) is 0. The van der Waals surface area contributed by atoms with E-state index >= 15 is 0 Å². The average Bonchev–Trinajstić information content (AvgIpc) is 2.05. The lowest BCUT2D eigenvalue weighted by Gasteiger charge is -2.29. The van der Waals surface area contributed by atoms with Crippen molar-refractivity contribution in [3.63, 3.8) is 0 Å². The molecule has 0 bridgehead atoms. The highest BCUT2D eigenvalue weighted by Gasteiger charge is 2.22. The van der Waals surface area contributed by atoms with Crippen molar-refractivity contribution in [1.29, 1.82) is 0 Å². The van der Waals surface area contributed by atoms with E-state index in [0.717, 1.165) is 11.8 Å². The lowest BCUT2D eigenvalue weighted by Crippen LogP contribution is -2.22. The second-order valence-electron chi connectivity index (χ2n) is 4.13. The zero-order valence-electron chi connectivity index (χ0n) is 7.71. The van der Waals surface area contributed by atoms with Crippen molar-refractivity contribution in [3.8, 4) is 0 Å². The van der Waals surface area contributed by atoms with E-state index in [1.807, 2.05) is 0 Å². The van der Waals surface area contributed by atoms with Crippen molar-refractivity contribution in [1.82, 2.24) is 0 Å². The van der Waals surface area contributed by atoms with Crippen LogP contribution in [-0.2, 0) is 0 Å². The molecule has 1 unspecified atom stereocenters. The topological polar surface area (TPSA) is 0 Å². The Labute approximate surface area is 76.2 Å². The summed E-state index contributed by atoms with van der Waals surface area (Å²) in [7, 11) is 0. The van der Waals surface area contributed by atoms with Crippen LogP contribution in [0.4, 0.5) is 0 Å². The molecule has 0 saturated heterocycles. The first-order valence-electron chi connectivity index (χ1n) is 4.90. The summed E-state index contributed by atoms with van der Waals surface area (Å²) < 4.78 is 0. The highest BCUT2D eigenvalue weighted by molar-refractivity contribution is 7.81. The normalized spacial score (nSPS) is 24.0. The van der Waals surface area contributed by atoms with E-state index in [1.165, 1.54) is 32.1 Å². The van der Waals surface area contributed by atoms with E-state index in [9.17, 15) is 0 Å². The van der Waals surface area contributed by atoms with Crippen LogP contribution in [0, 0.1) is 11.8 Å². The van der Waals surface area contributed by atoms with Crippen LogP contribution in [0.25, 0.3) is 0 Å². The Morgan fingerprint density at radius 2 is 1.64 bits per heavy atom. The van der Waals surface area contributed by atoms with Gasteiger partial charge in [-0.15, -0.1) is 0 Å². The minimum absolute atomic E-state index is 0.648. The lowest BCUT2D eigenvalue weighted by molar-refractivity contribution is 0.317. The van der Waals surface area contributed by atoms with Crippen molar-refractivity contribution in [2.24, 2.45) is 11.8 Å². The molecule has 1 atom stereocenters. The summed E-state index contributed by atoms with van der Waals surface area (Å²) in [6.45, 7) is 4.57. The van der Waals surface area contributed by atoms with Gasteiger partial charge < -0.3 is 0 Å². The first kappa shape index (κ1) is 9.44. The van der Waals surface area contributed by atoms with Gasteiger partial charge in [-0.05, 0) is 24.7 Å². The molecule has 1 heteroatoms. The van der Waals surface area contributed by atoms with Crippen LogP contribution in [0.1, 0.15) is 46.0 Å². The Hall–Kier alpha value is 0.350. The molecule has 0 spiro atoms. The molecular formula is C10H20S. The summed E-state index contributed by atoms with van der Waals surface area (Å²) in [5.74, 6) is 1.66. The third-order valence-corrected chi connectivity index (χ3v) is 3.83. The Morgan fingerprint density at radius 3 is 2.09 bits per heavy atom. The fourth-order valence-corrected chi connectivity index (χ4v) is 2.32. The van der Waals surface area contributed by atoms with E-state index < -0.39 is 0 Å². The van der Waals surface area contributed by atoms with Crippen molar-refractivity contribution >= 4 is 12.6 Å². The number of hydrogen-bond donors (Lipinski definition) is 1. The van der Waals surface area contributed by atoms with Gasteiger partial charge in [-0.25, -0.2) is 0 Å². The van der Waals surface area contributed by atoms with Crippen molar-refractivity contribution in [2.45, 2.75) is 51.2 Å². The van der Waals surface area contributed by atoms with Gasteiger partial charge in [0.15, 0.2) is 0 Å². The van der Waals surface area contributed by atoms with Gasteiger partial charge in [0.1, 0.15) is 0 Å². The molecular weight excluding hydrogens is 152 g/mol. The van der Waals surface area contributed by atoms with Gasteiger partial charge in [-0.3, -0.25) is 0 Å². The standard InChI is InChI=1S/C10H20S/c1-8(2)10(11)9-6-4-3-5-7-9/h8-11H,3-7H2,1-2H3. The molecule has 0 nitrogen and oxygen atoms in total. The van der Waals surface area contributed by atoms with Gasteiger partial charge in [0.25, 0.3) is 0 Å². The van der Waals surface area contributed by atoms with Crippen LogP contribution in [0.3, 0.4) is 0 Å². The Balaban J connectivity index is 2.32. The van der Waals surface area contributed by atoms with E-state index in [1.54, 1.807) is 0 Å². The Morgan fingerprint density at radius 1 is 1.09 bits per heavy atom. The van der Waals surface area contributed by atoms with Crippen LogP contribution in [0.2, 0.25) is 0 Å². The quantitative estimate of drug-likeness (QED) is 0.605. The molecule has 1 saturated carbocycles. The Kier molecular flexibility index (Phi) is 3.77. The SMILES string of the molecule is CC(C)C(S)C1CCCCC1. The van der Waals surface area contributed by atoms with E-state index in [4.69, 9.17) is 0 Å². The van der Waals surface area contributed by atoms with Crippen molar-refractivity contribution < 1.29 is 0 Å². The van der Waals surface area contributed by atoms with Crippen molar-refractivity contribution in [2.75, 3.05) is 0 Å². The highest BCUT2D eigenvalue weighted by atomic mass is 32.1. The van der Waals surface area contributed by atoms with Crippen LogP contribution in [0.15, 0.2) is 0 Å². The predicted octanol–water partition coefficient (Wildman–Crippen LogP) is 3.52. The molecule has 1 aliphatic carbocycles. The highest BCUT2D eigenvalue weighted by Crippen LogP contribution is 2.32. The fourth-order valence-electron chi connectivity index (χ4n) is 2.02. The smallest absolute Gasteiger partial charge is 0.00680 e. The summed E-state index contributed by atoms with van der Waals surface area (Å²) in [5, 5.41) is 0.648. The largest absolute Gasteiger partial charge is 0.175 e. The van der Waals surface area contributed by atoms with Gasteiger partial charge in [0, 0.05) is 5.25 Å². The summed E-state index contributed by atoms with van der Waals surface area (Å²) >= 11 is 4.67. The third-order valence-electron chi connectivity index (χ3n) is 2.82. The van der Waals surface area contributed by atoms with Crippen molar-refractivity contribution in [3.05, 3.63) is 0 Å². The zero-order chi connectivity index (χ0) is 8.27.